The van der Waals surface area contributed by atoms with Gasteiger partial charge < -0.3 is 10.3 Å². The Morgan fingerprint density at radius 1 is 1.21 bits per heavy atom. The molecule has 2 nitrogen and oxygen atoms in total. The van der Waals surface area contributed by atoms with Gasteiger partial charge in [0, 0.05) is 36.6 Å². The van der Waals surface area contributed by atoms with Crippen molar-refractivity contribution < 1.29 is 8.78 Å². The zero-order valence-corrected chi connectivity index (χ0v) is 11.1. The van der Waals surface area contributed by atoms with E-state index < -0.39 is 11.6 Å². The number of hydrogen-bond acceptors (Lipinski definition) is 1. The second-order valence-corrected chi connectivity index (χ2v) is 5.12. The zero-order valence-electron chi connectivity index (χ0n) is 11.1. The summed E-state index contributed by atoms with van der Waals surface area (Å²) < 4.78 is 28.2. The predicted octanol–water partition coefficient (Wildman–Crippen LogP) is 3.47. The molecule has 0 aliphatic heterocycles. The van der Waals surface area contributed by atoms with Crippen LogP contribution in [0.3, 0.4) is 0 Å². The first-order valence-electron chi connectivity index (χ1n) is 6.32. The first-order chi connectivity index (χ1) is 8.97. The van der Waals surface area contributed by atoms with Crippen molar-refractivity contribution in [3.05, 3.63) is 59.4 Å². The van der Waals surface area contributed by atoms with E-state index in [4.69, 9.17) is 5.73 Å². The van der Waals surface area contributed by atoms with E-state index >= 15 is 0 Å². The molecular weight excluding hydrogens is 246 g/mol. The maximum atomic E-state index is 13.6. The molecule has 2 N–H and O–H groups in total. The first-order valence-corrected chi connectivity index (χ1v) is 6.32. The summed E-state index contributed by atoms with van der Waals surface area (Å²) in [5.74, 6) is -0.738. The van der Waals surface area contributed by atoms with Gasteiger partial charge in [0.2, 0.25) is 0 Å². The third-order valence-electron chi connectivity index (χ3n) is 3.24. The summed E-state index contributed by atoms with van der Waals surface area (Å²) >= 11 is 0. The SMILES string of the molecule is CC(C)C(N)c1ccn(Cc2ccc(F)cc2F)c1. The Hall–Kier alpha value is -1.68. The van der Waals surface area contributed by atoms with Crippen LogP contribution in [0.2, 0.25) is 0 Å². The molecule has 0 fully saturated rings. The average molecular weight is 264 g/mol. The van der Waals surface area contributed by atoms with Gasteiger partial charge in [0.15, 0.2) is 0 Å². The molecule has 2 rings (SSSR count). The van der Waals surface area contributed by atoms with E-state index in [0.29, 0.717) is 18.0 Å². The number of halogens is 2. The third-order valence-corrected chi connectivity index (χ3v) is 3.24. The predicted molar refractivity (Wildman–Crippen MR) is 71.7 cm³/mol. The number of aromatic nitrogens is 1. The van der Waals surface area contributed by atoms with Crippen LogP contribution in [-0.4, -0.2) is 4.57 Å². The highest BCUT2D eigenvalue weighted by Gasteiger charge is 2.12. The Morgan fingerprint density at radius 2 is 1.95 bits per heavy atom. The molecule has 0 saturated carbocycles. The molecule has 0 aliphatic rings. The second-order valence-electron chi connectivity index (χ2n) is 5.12. The molecule has 0 amide bonds. The summed E-state index contributed by atoms with van der Waals surface area (Å²) in [4.78, 5) is 0. The maximum Gasteiger partial charge on any atom is 0.131 e. The van der Waals surface area contributed by atoms with Gasteiger partial charge in [-0.25, -0.2) is 8.78 Å². The quantitative estimate of drug-likeness (QED) is 0.900. The van der Waals surface area contributed by atoms with Crippen molar-refractivity contribution in [3.8, 4) is 0 Å². The molecule has 4 heteroatoms. The number of hydrogen-bond donors (Lipinski definition) is 1. The van der Waals surface area contributed by atoms with Gasteiger partial charge in [-0.2, -0.15) is 0 Å². The summed E-state index contributed by atoms with van der Waals surface area (Å²) in [5, 5.41) is 0. The summed E-state index contributed by atoms with van der Waals surface area (Å²) in [6, 6.07) is 5.54. The fourth-order valence-corrected chi connectivity index (χ4v) is 1.99. The van der Waals surface area contributed by atoms with E-state index in [2.05, 4.69) is 13.8 Å². The second kappa shape index (κ2) is 5.53. The minimum Gasteiger partial charge on any atom is -0.349 e. The van der Waals surface area contributed by atoms with Crippen molar-refractivity contribution in [1.82, 2.24) is 4.57 Å². The molecular formula is C15H18F2N2. The molecule has 1 heterocycles. The summed E-state index contributed by atoms with van der Waals surface area (Å²) in [6.45, 7) is 4.49. The summed E-state index contributed by atoms with van der Waals surface area (Å²) in [6.07, 6.45) is 3.77. The minimum absolute atomic E-state index is 0.0284. The number of nitrogens with zero attached hydrogens (tertiary/aromatic N) is 1. The van der Waals surface area contributed by atoms with Crippen LogP contribution in [0.1, 0.15) is 31.0 Å². The van der Waals surface area contributed by atoms with Crippen molar-refractivity contribution in [2.75, 3.05) is 0 Å². The van der Waals surface area contributed by atoms with Crippen LogP contribution in [0.4, 0.5) is 8.78 Å². The Bertz CT molecular complexity index is 561. The largest absolute Gasteiger partial charge is 0.349 e. The van der Waals surface area contributed by atoms with Gasteiger partial charge in [-0.1, -0.05) is 19.9 Å². The molecule has 0 spiro atoms. The highest BCUT2D eigenvalue weighted by molar-refractivity contribution is 5.21. The maximum absolute atomic E-state index is 13.6. The van der Waals surface area contributed by atoms with E-state index in [1.807, 2.05) is 23.0 Å². The molecule has 0 aliphatic carbocycles. The molecule has 0 saturated heterocycles. The number of nitrogens with two attached hydrogens (primary N) is 1. The summed E-state index contributed by atoms with van der Waals surface area (Å²) in [7, 11) is 0. The van der Waals surface area contributed by atoms with Crippen LogP contribution in [0.25, 0.3) is 0 Å². The van der Waals surface area contributed by atoms with E-state index in [1.165, 1.54) is 12.1 Å². The fraction of sp³-hybridized carbons (Fsp3) is 0.333. The Labute approximate surface area is 111 Å². The van der Waals surface area contributed by atoms with E-state index in [0.717, 1.165) is 11.6 Å². The van der Waals surface area contributed by atoms with Crippen molar-refractivity contribution in [2.45, 2.75) is 26.4 Å². The van der Waals surface area contributed by atoms with Crippen LogP contribution in [0.5, 0.6) is 0 Å². The van der Waals surface area contributed by atoms with Crippen molar-refractivity contribution in [2.24, 2.45) is 11.7 Å². The normalized spacial score (nSPS) is 12.9. The van der Waals surface area contributed by atoms with Crippen molar-refractivity contribution in [3.63, 3.8) is 0 Å². The van der Waals surface area contributed by atoms with Crippen LogP contribution in [0, 0.1) is 17.6 Å². The third kappa shape index (κ3) is 3.20. The van der Waals surface area contributed by atoms with Crippen LogP contribution >= 0.6 is 0 Å². The van der Waals surface area contributed by atoms with Crippen LogP contribution < -0.4 is 5.73 Å². The van der Waals surface area contributed by atoms with Crippen LogP contribution in [0.15, 0.2) is 36.7 Å². The standard InChI is InChI=1S/C15H18F2N2/c1-10(2)15(18)12-5-6-19(9-12)8-11-3-4-13(16)7-14(11)17/h3-7,9-10,15H,8,18H2,1-2H3. The van der Waals surface area contributed by atoms with Gasteiger partial charge in [-0.3, -0.25) is 0 Å². The Balaban J connectivity index is 2.16. The Kier molecular flexibility index (Phi) is 4.00. The lowest BCUT2D eigenvalue weighted by atomic mass is 10.00. The molecule has 19 heavy (non-hydrogen) atoms. The highest BCUT2D eigenvalue weighted by Crippen LogP contribution is 2.20. The smallest absolute Gasteiger partial charge is 0.131 e. The van der Waals surface area contributed by atoms with Gasteiger partial charge in [-0.05, 0) is 23.6 Å². The molecule has 1 aromatic heterocycles. The van der Waals surface area contributed by atoms with Gasteiger partial charge in [0.05, 0.1) is 0 Å². The van der Waals surface area contributed by atoms with E-state index in [1.54, 1.807) is 0 Å². The van der Waals surface area contributed by atoms with Gasteiger partial charge >= 0.3 is 0 Å². The zero-order chi connectivity index (χ0) is 14.0. The number of benzene rings is 1. The lowest BCUT2D eigenvalue weighted by Gasteiger charge is -2.13. The lowest BCUT2D eigenvalue weighted by molar-refractivity contribution is 0.513. The average Bonchev–Trinajstić information content (AvgIpc) is 2.80. The van der Waals surface area contributed by atoms with Crippen molar-refractivity contribution in [1.29, 1.82) is 0 Å². The van der Waals surface area contributed by atoms with Gasteiger partial charge in [-0.15, -0.1) is 0 Å². The van der Waals surface area contributed by atoms with E-state index in [9.17, 15) is 8.78 Å². The molecule has 2 aromatic rings. The van der Waals surface area contributed by atoms with E-state index in [-0.39, 0.29) is 6.04 Å². The first kappa shape index (κ1) is 13.7. The fourth-order valence-electron chi connectivity index (χ4n) is 1.99. The molecule has 102 valence electrons. The van der Waals surface area contributed by atoms with Crippen molar-refractivity contribution >= 4 is 0 Å². The molecule has 0 bridgehead atoms. The summed E-state index contributed by atoms with van der Waals surface area (Å²) in [5.41, 5.74) is 7.54. The molecule has 1 unspecified atom stereocenters. The highest BCUT2D eigenvalue weighted by atomic mass is 19.1. The Morgan fingerprint density at radius 3 is 2.58 bits per heavy atom. The van der Waals surface area contributed by atoms with Crippen LogP contribution in [-0.2, 0) is 6.54 Å². The minimum atomic E-state index is -0.559. The van der Waals surface area contributed by atoms with Gasteiger partial charge in [0.1, 0.15) is 11.6 Å². The number of rotatable bonds is 4. The van der Waals surface area contributed by atoms with Gasteiger partial charge in [0.25, 0.3) is 0 Å². The topological polar surface area (TPSA) is 30.9 Å². The monoisotopic (exact) mass is 264 g/mol. The molecule has 1 atom stereocenters. The molecule has 1 aromatic carbocycles. The molecule has 0 radical (unpaired) electrons. The lowest BCUT2D eigenvalue weighted by Crippen LogP contribution is -2.16.